The molecule has 1 aromatic carbocycles. The summed E-state index contributed by atoms with van der Waals surface area (Å²) in [5.74, 6) is -0.439. The number of esters is 1. The molecule has 0 atom stereocenters. The summed E-state index contributed by atoms with van der Waals surface area (Å²) in [4.78, 5) is 22.8. The van der Waals surface area contributed by atoms with Crippen LogP contribution in [0.5, 0.6) is 0 Å². The summed E-state index contributed by atoms with van der Waals surface area (Å²) in [6.45, 7) is 3.88. The van der Waals surface area contributed by atoms with Gasteiger partial charge in [0, 0.05) is 5.56 Å². The zero-order chi connectivity index (χ0) is 12.0. The molecular formula is C13H14O3. The lowest BCUT2D eigenvalue weighted by Gasteiger charge is -2.02. The SMILES string of the molecule is CC=CC(=O)c1ccc(C(=O)OCC)cc1. The first-order chi connectivity index (χ1) is 7.69. The van der Waals surface area contributed by atoms with E-state index in [9.17, 15) is 9.59 Å². The molecule has 0 spiro atoms. The van der Waals surface area contributed by atoms with Crippen molar-refractivity contribution < 1.29 is 14.3 Å². The Labute approximate surface area is 94.7 Å². The molecule has 1 aromatic rings. The van der Waals surface area contributed by atoms with E-state index < -0.39 is 0 Å². The predicted molar refractivity (Wildman–Crippen MR) is 61.5 cm³/mol. The molecule has 0 unspecified atom stereocenters. The molecule has 0 amide bonds. The number of hydrogen-bond donors (Lipinski definition) is 0. The van der Waals surface area contributed by atoms with Crippen LogP contribution in [0.2, 0.25) is 0 Å². The number of benzene rings is 1. The molecule has 0 saturated heterocycles. The minimum absolute atomic E-state index is 0.0714. The first-order valence-corrected chi connectivity index (χ1v) is 5.13. The zero-order valence-corrected chi connectivity index (χ0v) is 9.40. The molecule has 3 nitrogen and oxygen atoms in total. The monoisotopic (exact) mass is 218 g/mol. The first-order valence-electron chi connectivity index (χ1n) is 5.13. The molecule has 0 radical (unpaired) electrons. The average Bonchev–Trinajstić information content (AvgIpc) is 2.30. The number of carbonyl (C=O) groups excluding carboxylic acids is 2. The van der Waals surface area contributed by atoms with Gasteiger partial charge in [0.2, 0.25) is 0 Å². The van der Waals surface area contributed by atoms with Crippen LogP contribution in [0.4, 0.5) is 0 Å². The van der Waals surface area contributed by atoms with Crippen molar-refractivity contribution >= 4 is 11.8 Å². The molecule has 3 heteroatoms. The maximum absolute atomic E-state index is 11.4. The fourth-order valence-corrected chi connectivity index (χ4v) is 1.23. The van der Waals surface area contributed by atoms with Gasteiger partial charge in [0.15, 0.2) is 5.78 Å². The lowest BCUT2D eigenvalue weighted by molar-refractivity contribution is 0.0526. The second-order valence-corrected chi connectivity index (χ2v) is 3.16. The summed E-state index contributed by atoms with van der Waals surface area (Å²) in [6, 6.07) is 6.42. The standard InChI is InChI=1S/C13H14O3/c1-3-5-12(14)10-6-8-11(9-7-10)13(15)16-4-2/h3,5-9H,4H2,1-2H3. The van der Waals surface area contributed by atoms with E-state index in [4.69, 9.17) is 4.74 Å². The van der Waals surface area contributed by atoms with E-state index in [2.05, 4.69) is 0 Å². The number of hydrogen-bond acceptors (Lipinski definition) is 3. The molecule has 1 rings (SSSR count). The van der Waals surface area contributed by atoms with Crippen LogP contribution in [0.1, 0.15) is 34.6 Å². The zero-order valence-electron chi connectivity index (χ0n) is 9.40. The minimum atomic E-state index is -0.368. The van der Waals surface area contributed by atoms with E-state index in [-0.39, 0.29) is 11.8 Å². The van der Waals surface area contributed by atoms with E-state index in [0.717, 1.165) is 0 Å². The van der Waals surface area contributed by atoms with Gasteiger partial charge >= 0.3 is 5.97 Å². The molecule has 84 valence electrons. The predicted octanol–water partition coefficient (Wildman–Crippen LogP) is 2.62. The van der Waals surface area contributed by atoms with Gasteiger partial charge in [0.1, 0.15) is 0 Å². The van der Waals surface area contributed by atoms with Gasteiger partial charge in [-0.15, -0.1) is 0 Å². The quantitative estimate of drug-likeness (QED) is 0.443. The van der Waals surface area contributed by atoms with Crippen LogP contribution in [0.25, 0.3) is 0 Å². The van der Waals surface area contributed by atoms with Crippen molar-refractivity contribution in [2.24, 2.45) is 0 Å². The third-order valence-electron chi connectivity index (χ3n) is 2.00. The van der Waals surface area contributed by atoms with Crippen LogP contribution in [0.15, 0.2) is 36.4 Å². The summed E-state index contributed by atoms with van der Waals surface area (Å²) in [7, 11) is 0. The lowest BCUT2D eigenvalue weighted by Crippen LogP contribution is -2.05. The number of ketones is 1. The minimum Gasteiger partial charge on any atom is -0.462 e. The fraction of sp³-hybridized carbons (Fsp3) is 0.231. The van der Waals surface area contributed by atoms with Crippen LogP contribution in [-0.4, -0.2) is 18.4 Å². The second kappa shape index (κ2) is 5.85. The maximum atomic E-state index is 11.4. The Kier molecular flexibility index (Phi) is 4.45. The van der Waals surface area contributed by atoms with Gasteiger partial charge in [0.25, 0.3) is 0 Å². The van der Waals surface area contributed by atoms with Gasteiger partial charge in [-0.1, -0.05) is 18.2 Å². The Balaban J connectivity index is 2.83. The van der Waals surface area contributed by atoms with Crippen molar-refractivity contribution in [1.82, 2.24) is 0 Å². The highest BCUT2D eigenvalue weighted by atomic mass is 16.5. The molecule has 0 aromatic heterocycles. The van der Waals surface area contributed by atoms with Crippen molar-refractivity contribution in [2.75, 3.05) is 6.61 Å². The summed E-state index contributed by atoms with van der Waals surface area (Å²) >= 11 is 0. The number of carbonyl (C=O) groups is 2. The molecule has 0 aliphatic heterocycles. The third kappa shape index (κ3) is 3.05. The summed E-state index contributed by atoms with van der Waals surface area (Å²) in [5, 5.41) is 0. The largest absolute Gasteiger partial charge is 0.462 e. The normalized spacial score (nSPS) is 10.4. The van der Waals surface area contributed by atoms with Crippen LogP contribution in [0.3, 0.4) is 0 Å². The Morgan fingerprint density at radius 1 is 1.19 bits per heavy atom. The Morgan fingerprint density at radius 3 is 2.25 bits per heavy atom. The van der Waals surface area contributed by atoms with E-state index in [1.54, 1.807) is 44.2 Å². The van der Waals surface area contributed by atoms with Gasteiger partial charge in [-0.25, -0.2) is 4.79 Å². The average molecular weight is 218 g/mol. The molecule has 0 heterocycles. The summed E-state index contributed by atoms with van der Waals surface area (Å²) < 4.78 is 4.84. The summed E-state index contributed by atoms with van der Waals surface area (Å²) in [6.07, 6.45) is 3.17. The second-order valence-electron chi connectivity index (χ2n) is 3.16. The van der Waals surface area contributed by atoms with Crippen LogP contribution in [-0.2, 0) is 4.74 Å². The van der Waals surface area contributed by atoms with Crippen molar-refractivity contribution in [3.05, 3.63) is 47.5 Å². The number of rotatable bonds is 4. The van der Waals surface area contributed by atoms with Crippen LogP contribution >= 0.6 is 0 Å². The smallest absolute Gasteiger partial charge is 0.338 e. The van der Waals surface area contributed by atoms with Crippen LogP contribution in [0, 0.1) is 0 Å². The lowest BCUT2D eigenvalue weighted by atomic mass is 10.1. The van der Waals surface area contributed by atoms with E-state index >= 15 is 0 Å². The Bertz CT molecular complexity index is 402. The highest BCUT2D eigenvalue weighted by molar-refractivity contribution is 6.05. The molecule has 0 N–H and O–H groups in total. The van der Waals surface area contributed by atoms with Crippen molar-refractivity contribution in [2.45, 2.75) is 13.8 Å². The van der Waals surface area contributed by atoms with E-state index in [0.29, 0.717) is 17.7 Å². The van der Waals surface area contributed by atoms with E-state index in [1.807, 2.05) is 0 Å². The van der Waals surface area contributed by atoms with Gasteiger partial charge in [-0.3, -0.25) is 4.79 Å². The fourth-order valence-electron chi connectivity index (χ4n) is 1.23. The van der Waals surface area contributed by atoms with Gasteiger partial charge < -0.3 is 4.74 Å². The van der Waals surface area contributed by atoms with E-state index in [1.165, 1.54) is 6.08 Å². The highest BCUT2D eigenvalue weighted by Crippen LogP contribution is 2.07. The number of allylic oxidation sites excluding steroid dienone is 2. The molecule has 16 heavy (non-hydrogen) atoms. The van der Waals surface area contributed by atoms with Crippen molar-refractivity contribution in [3.63, 3.8) is 0 Å². The van der Waals surface area contributed by atoms with Gasteiger partial charge in [0.05, 0.1) is 12.2 Å². The topological polar surface area (TPSA) is 43.4 Å². The third-order valence-corrected chi connectivity index (χ3v) is 2.00. The van der Waals surface area contributed by atoms with Gasteiger partial charge in [-0.05, 0) is 32.1 Å². The number of ether oxygens (including phenoxy) is 1. The van der Waals surface area contributed by atoms with Gasteiger partial charge in [-0.2, -0.15) is 0 Å². The van der Waals surface area contributed by atoms with Crippen molar-refractivity contribution in [3.8, 4) is 0 Å². The van der Waals surface area contributed by atoms with Crippen molar-refractivity contribution in [1.29, 1.82) is 0 Å². The highest BCUT2D eigenvalue weighted by Gasteiger charge is 2.07. The first kappa shape index (κ1) is 12.2. The molecular weight excluding hydrogens is 204 g/mol. The molecule has 0 aliphatic carbocycles. The molecule has 0 fully saturated rings. The van der Waals surface area contributed by atoms with Crippen LogP contribution < -0.4 is 0 Å². The molecule has 0 bridgehead atoms. The molecule has 0 aliphatic rings. The Hall–Kier alpha value is -1.90. The summed E-state index contributed by atoms with van der Waals surface area (Å²) in [5.41, 5.74) is 1.02. The Morgan fingerprint density at radius 2 is 1.75 bits per heavy atom. The maximum Gasteiger partial charge on any atom is 0.338 e. The molecule has 0 saturated carbocycles.